The van der Waals surface area contributed by atoms with E-state index in [0.29, 0.717) is 17.5 Å². The molecule has 5 aromatic heterocycles. The zero-order valence-corrected chi connectivity index (χ0v) is 71.1. The minimum atomic E-state index is -0.282. The smallest absolute Gasteiger partial charge is 0.164 e. The van der Waals surface area contributed by atoms with E-state index in [1.807, 2.05) is 60.1 Å². The van der Waals surface area contributed by atoms with Gasteiger partial charge in [0, 0.05) is 123 Å². The van der Waals surface area contributed by atoms with Crippen LogP contribution in [0.25, 0.3) is 153 Å². The second-order valence-electron chi connectivity index (χ2n) is 32.0. The van der Waals surface area contributed by atoms with Crippen molar-refractivity contribution in [3.63, 3.8) is 0 Å². The van der Waals surface area contributed by atoms with E-state index in [9.17, 15) is 4.39 Å². The van der Waals surface area contributed by atoms with Gasteiger partial charge in [-0.25, -0.2) is 15.0 Å². The maximum absolute atomic E-state index is 13.4. The van der Waals surface area contributed by atoms with Crippen LogP contribution in [0.5, 0.6) is 0 Å². The third-order valence-corrected chi connectivity index (χ3v) is 25.8. The Balaban J connectivity index is 0.000000122. The Morgan fingerprint density at radius 2 is 0.835 bits per heavy atom. The Kier molecular flexibility index (Phi) is 21.8. The Hall–Kier alpha value is -13.2. The maximum Gasteiger partial charge on any atom is 0.164 e. The molecule has 1 aliphatic heterocycles. The number of rotatable bonds is 16. The second-order valence-corrected chi connectivity index (χ2v) is 33.1. The molecule has 2 aliphatic rings. The molecule has 121 heavy (non-hydrogen) atoms. The van der Waals surface area contributed by atoms with Gasteiger partial charge in [-0.05, 0) is 188 Å². The summed E-state index contributed by atoms with van der Waals surface area (Å²) in [7, 11) is 0. The molecule has 6 heterocycles. The Bertz CT molecular complexity index is 7000. The zero-order valence-electron chi connectivity index (χ0n) is 67.9. The number of aryl methyl sites for hydroxylation is 3. The number of aromatic nitrogens is 6. The largest absolute Gasteiger partial charge is 0.668 e. The van der Waals surface area contributed by atoms with Crippen molar-refractivity contribution < 1.29 is 24.5 Å². The molecule has 1 saturated carbocycles. The molecule has 20 aromatic rings. The molecule has 1 radical (unpaired) electrons. The summed E-state index contributed by atoms with van der Waals surface area (Å²) in [5, 5.41) is 14.9. The van der Waals surface area contributed by atoms with Gasteiger partial charge >= 0.3 is 0 Å². The van der Waals surface area contributed by atoms with Gasteiger partial charge in [0.1, 0.15) is 0 Å². The summed E-state index contributed by atoms with van der Waals surface area (Å²) in [6.45, 7) is 6.54. The topological polar surface area (TPSA) is 70.8 Å². The summed E-state index contributed by atoms with van der Waals surface area (Å²) < 4.78 is 23.2. The van der Waals surface area contributed by atoms with Crippen molar-refractivity contribution in [2.75, 3.05) is 4.90 Å². The molecule has 8 nitrogen and oxygen atoms in total. The summed E-state index contributed by atoms with van der Waals surface area (Å²) in [6, 6.07) is 126. The van der Waals surface area contributed by atoms with Crippen molar-refractivity contribution in [2.45, 2.75) is 96.6 Å². The van der Waals surface area contributed by atoms with Crippen molar-refractivity contribution in [3.8, 4) is 62.4 Å². The summed E-state index contributed by atoms with van der Waals surface area (Å²) in [6.07, 6.45) is 15.9. The second kappa shape index (κ2) is 33.9. The number of unbranched alkanes of at least 4 members (excludes halogenated alkanes) is 3. The number of hydrogen-bond acceptors (Lipinski definition) is 5. The number of para-hydroxylation sites is 5. The quantitative estimate of drug-likeness (QED) is 0.0714. The van der Waals surface area contributed by atoms with Gasteiger partial charge in [-0.3, -0.25) is 4.39 Å². The van der Waals surface area contributed by atoms with Crippen LogP contribution in [0.4, 0.5) is 10.1 Å². The van der Waals surface area contributed by atoms with Crippen LogP contribution in [0, 0.1) is 25.7 Å². The minimum absolute atomic E-state index is 0. The first-order valence-corrected chi connectivity index (χ1v) is 43.0. The van der Waals surface area contributed by atoms with Crippen LogP contribution in [0.2, 0.25) is 0 Å². The first-order chi connectivity index (χ1) is 59.2. The molecule has 11 heteroatoms. The fourth-order valence-corrected chi connectivity index (χ4v) is 19.9. The minimum Gasteiger partial charge on any atom is -0.668 e. The normalized spacial score (nSPS) is 13.7. The Labute approximate surface area is 723 Å². The summed E-state index contributed by atoms with van der Waals surface area (Å²) in [5.41, 5.74) is 24.9. The fraction of sp³-hybridized carbons (Fsp3) is 0.136. The number of anilines is 1. The third kappa shape index (κ3) is 14.9. The predicted octanol–water partition coefficient (Wildman–Crippen LogP) is 29.9. The predicted molar refractivity (Wildman–Crippen MR) is 501 cm³/mol. The number of benzene rings is 15. The van der Waals surface area contributed by atoms with Crippen LogP contribution >= 0.6 is 11.3 Å². The number of halogens is 1. The van der Waals surface area contributed by atoms with Crippen molar-refractivity contribution in [3.05, 3.63) is 409 Å². The van der Waals surface area contributed by atoms with Gasteiger partial charge in [0.15, 0.2) is 17.5 Å². The molecule has 593 valence electrons. The molecule has 15 aromatic carbocycles. The van der Waals surface area contributed by atoms with Crippen LogP contribution in [-0.4, -0.2) is 28.7 Å². The van der Waals surface area contributed by atoms with E-state index >= 15 is 0 Å². The molecule has 0 spiro atoms. The van der Waals surface area contributed by atoms with Gasteiger partial charge in [0.2, 0.25) is 0 Å². The van der Waals surface area contributed by atoms with Crippen LogP contribution in [0.15, 0.2) is 358 Å². The van der Waals surface area contributed by atoms with E-state index < -0.39 is 0 Å². The molecule has 1 fully saturated rings. The number of hydrogen-bond donors (Lipinski definition) is 0. The molecule has 22 rings (SSSR count). The van der Waals surface area contributed by atoms with Gasteiger partial charge in [0.25, 0.3) is 0 Å². The van der Waals surface area contributed by atoms with Gasteiger partial charge in [-0.2, -0.15) is 23.9 Å². The van der Waals surface area contributed by atoms with Gasteiger partial charge < -0.3 is 23.9 Å². The summed E-state index contributed by atoms with van der Waals surface area (Å²) in [4.78, 5) is 17.0. The molecule has 0 saturated heterocycles. The first kappa shape index (κ1) is 77.7. The zero-order chi connectivity index (χ0) is 80.6. The monoisotopic (exact) mass is 1770 g/mol. The summed E-state index contributed by atoms with van der Waals surface area (Å²) >= 11 is 1.86. The molecule has 1 atom stereocenters. The number of fused-ring (bicyclic) bond motifs is 12. The molecule has 0 bridgehead atoms. The van der Waals surface area contributed by atoms with Gasteiger partial charge in [-0.15, -0.1) is 23.5 Å². The molecule has 0 N–H and O–H groups in total. The molecule has 1 unspecified atom stereocenters. The van der Waals surface area contributed by atoms with Crippen LogP contribution in [0.1, 0.15) is 104 Å². The van der Waals surface area contributed by atoms with E-state index in [0.717, 1.165) is 47.2 Å². The standard InChI is InChI=1S/C45H36N4.C36H22N2S.C29H31FN2.Ir/c1-4-14-32(15-5-1)42-46-43(33-16-6-2-7-17-33)48-44(47-42)34-22-24-35(25-23-34)45(30-12-3-13-31-45)36-26-28-37(29-27-36)49-40-20-10-8-18-38(40)39-19-9-11-21-41(39)49;1-5-13-31-25(9-1)26-10-2-6-14-32(26)37(31)23-17-19-34-29(21-23)27-11-3-7-15-33(27)38(34)24-18-20-36-30(22-24)28-12-4-8-16-35(28)39-36;1-4-5-6-7-8-23-9-11-24(12-10-23)26-19-21(2)28(22(3)20-26)32-18-17-31-29(32)25-13-15-27(30)16-14-25;/h1-2,4-11,14-29H,3,12-13,30-31H2;1-22H;9-13,15-20,29H,4-8H2,1-3H3;/q;;-2;. The van der Waals surface area contributed by atoms with Gasteiger partial charge in [-0.1, -0.05) is 276 Å². The molecular weight excluding hydrogens is 1680 g/mol. The van der Waals surface area contributed by atoms with E-state index in [4.69, 9.17) is 15.0 Å². The van der Waals surface area contributed by atoms with E-state index in [-0.39, 0.29) is 37.5 Å². The van der Waals surface area contributed by atoms with E-state index in [1.165, 1.54) is 199 Å². The molecule has 0 amide bonds. The van der Waals surface area contributed by atoms with Crippen LogP contribution in [0.3, 0.4) is 0 Å². The SMILES string of the molecule is CCCCCCc1ccc(-c2cc(C)c(N3C=C[N-]C3c3[c-]cc(F)cc3)c(C)c2)cc1.[Ir].c1ccc(-c2nc(-c3ccccc3)nc(-c3ccc(C4(c5ccc(-n6c7ccccc7c7ccccc76)cc5)CCCCC4)cc3)n2)cc1.c1ccc2c(c1)sc1ccc(-n3c4ccccc4c4cc(-n5c6ccccc6c6ccccc65)ccc43)cc12. The Morgan fingerprint density at radius 3 is 1.36 bits per heavy atom. The fourth-order valence-electron chi connectivity index (χ4n) is 18.8. The van der Waals surface area contributed by atoms with E-state index in [1.54, 1.807) is 6.07 Å². The number of nitrogens with zero attached hydrogens (tertiary/aromatic N) is 8. The number of thiophene rings is 1. The molecular formula is C110H89FIrN8S-2. The molecule has 1 aliphatic carbocycles. The van der Waals surface area contributed by atoms with E-state index in [2.05, 4.69) is 342 Å². The maximum atomic E-state index is 13.4. The van der Waals surface area contributed by atoms with Crippen molar-refractivity contribution >= 4 is 103 Å². The van der Waals surface area contributed by atoms with Crippen molar-refractivity contribution in [1.29, 1.82) is 0 Å². The third-order valence-electron chi connectivity index (χ3n) is 24.6. The van der Waals surface area contributed by atoms with Crippen LogP contribution < -0.4 is 4.90 Å². The van der Waals surface area contributed by atoms with Gasteiger partial charge in [0.05, 0.1) is 33.1 Å². The Morgan fingerprint density at radius 1 is 0.397 bits per heavy atom. The van der Waals surface area contributed by atoms with Crippen LogP contribution in [-0.2, 0) is 31.9 Å². The summed E-state index contributed by atoms with van der Waals surface area (Å²) in [5.74, 6) is 1.77. The first-order valence-electron chi connectivity index (χ1n) is 42.2. The van der Waals surface area contributed by atoms with Crippen molar-refractivity contribution in [1.82, 2.24) is 28.7 Å². The average Bonchev–Trinajstić information content (AvgIpc) is 1.57. The average molecular weight is 1770 g/mol. The van der Waals surface area contributed by atoms with Crippen molar-refractivity contribution in [2.24, 2.45) is 0 Å².